The third-order valence-corrected chi connectivity index (χ3v) is 4.21. The normalized spacial score (nSPS) is 11.9. The van der Waals surface area contributed by atoms with Crippen LogP contribution >= 0.6 is 0 Å². The van der Waals surface area contributed by atoms with Gasteiger partial charge in [-0.1, -0.05) is 42.5 Å². The van der Waals surface area contributed by atoms with Gasteiger partial charge in [0.1, 0.15) is 5.75 Å². The van der Waals surface area contributed by atoms with E-state index in [4.69, 9.17) is 9.47 Å². The highest BCUT2D eigenvalue weighted by Crippen LogP contribution is 2.19. The van der Waals surface area contributed by atoms with Crippen molar-refractivity contribution >= 4 is 34.4 Å². The lowest BCUT2D eigenvalue weighted by Gasteiger charge is -2.13. The third kappa shape index (κ3) is 4.98. The van der Waals surface area contributed by atoms with Gasteiger partial charge in [0.05, 0.1) is 7.11 Å². The van der Waals surface area contributed by atoms with Gasteiger partial charge in [0.15, 0.2) is 6.10 Å². The molecule has 3 rings (SSSR count). The van der Waals surface area contributed by atoms with E-state index in [1.54, 1.807) is 25.3 Å². The molecule has 0 heterocycles. The number of carbonyl (C=O) groups excluding carboxylic acids is 2. The van der Waals surface area contributed by atoms with Gasteiger partial charge in [-0.15, -0.1) is 0 Å². The molecule has 0 fully saturated rings. The van der Waals surface area contributed by atoms with Gasteiger partial charge in [-0.05, 0) is 53.6 Å². The Morgan fingerprint density at radius 3 is 2.39 bits per heavy atom. The summed E-state index contributed by atoms with van der Waals surface area (Å²) in [5, 5.41) is 4.88. The fourth-order valence-electron chi connectivity index (χ4n) is 2.66. The first-order chi connectivity index (χ1) is 13.5. The highest BCUT2D eigenvalue weighted by atomic mass is 16.5. The highest BCUT2D eigenvalue weighted by molar-refractivity contribution is 5.98. The number of amides is 1. The van der Waals surface area contributed by atoms with Crippen LogP contribution in [0.5, 0.6) is 5.75 Å². The second-order valence-electron chi connectivity index (χ2n) is 6.24. The molecule has 0 saturated carbocycles. The zero-order valence-electron chi connectivity index (χ0n) is 15.7. The SMILES string of the molecule is COc1ccc(/C=C/C(=O)O[C@@H](C)C(=O)Nc2ccc3ccccc3c2)cc1. The second-order valence-corrected chi connectivity index (χ2v) is 6.24. The van der Waals surface area contributed by atoms with Gasteiger partial charge in [-0.25, -0.2) is 4.79 Å². The molecular formula is C23H21NO4. The molecule has 0 unspecified atom stereocenters. The van der Waals surface area contributed by atoms with Gasteiger partial charge < -0.3 is 14.8 Å². The number of ether oxygens (including phenoxy) is 2. The second kappa shape index (κ2) is 8.86. The summed E-state index contributed by atoms with van der Waals surface area (Å²) in [7, 11) is 1.59. The summed E-state index contributed by atoms with van der Waals surface area (Å²) in [4.78, 5) is 24.3. The molecule has 142 valence electrons. The number of hydrogen-bond donors (Lipinski definition) is 1. The van der Waals surface area contributed by atoms with E-state index in [9.17, 15) is 9.59 Å². The number of esters is 1. The van der Waals surface area contributed by atoms with Crippen LogP contribution in [0.1, 0.15) is 12.5 Å². The van der Waals surface area contributed by atoms with Crippen LogP contribution in [0, 0.1) is 0 Å². The van der Waals surface area contributed by atoms with E-state index >= 15 is 0 Å². The van der Waals surface area contributed by atoms with E-state index in [-0.39, 0.29) is 5.91 Å². The molecule has 0 aromatic heterocycles. The van der Waals surface area contributed by atoms with Gasteiger partial charge >= 0.3 is 5.97 Å². The maximum Gasteiger partial charge on any atom is 0.331 e. The Kier molecular flexibility index (Phi) is 6.07. The highest BCUT2D eigenvalue weighted by Gasteiger charge is 2.16. The van der Waals surface area contributed by atoms with Gasteiger partial charge in [-0.2, -0.15) is 0 Å². The molecule has 0 radical (unpaired) electrons. The number of anilines is 1. The van der Waals surface area contributed by atoms with Crippen molar-refractivity contribution in [1.29, 1.82) is 0 Å². The van der Waals surface area contributed by atoms with Crippen LogP contribution in [0.25, 0.3) is 16.8 Å². The van der Waals surface area contributed by atoms with E-state index < -0.39 is 12.1 Å². The minimum atomic E-state index is -0.917. The molecule has 3 aromatic carbocycles. The summed E-state index contributed by atoms with van der Waals surface area (Å²) in [5.41, 5.74) is 1.48. The molecule has 0 spiro atoms. The number of methoxy groups -OCH3 is 1. The lowest BCUT2D eigenvalue weighted by molar-refractivity contribution is -0.148. The Labute approximate surface area is 163 Å². The van der Waals surface area contributed by atoms with Gasteiger partial charge in [-0.3, -0.25) is 4.79 Å². The molecule has 0 aliphatic carbocycles. The quantitative estimate of drug-likeness (QED) is 0.511. The third-order valence-electron chi connectivity index (χ3n) is 4.21. The molecule has 1 N–H and O–H groups in total. The van der Waals surface area contributed by atoms with E-state index in [0.717, 1.165) is 22.1 Å². The summed E-state index contributed by atoms with van der Waals surface area (Å²) in [5.74, 6) is -0.239. The zero-order chi connectivity index (χ0) is 19.9. The summed E-state index contributed by atoms with van der Waals surface area (Å²) in [6, 6.07) is 20.7. The van der Waals surface area contributed by atoms with Crippen molar-refractivity contribution in [3.63, 3.8) is 0 Å². The molecule has 0 aliphatic heterocycles. The van der Waals surface area contributed by atoms with E-state index in [1.807, 2.05) is 54.6 Å². The molecule has 0 aliphatic rings. The minimum absolute atomic E-state index is 0.388. The van der Waals surface area contributed by atoms with Crippen LogP contribution in [0.15, 0.2) is 72.8 Å². The summed E-state index contributed by atoms with van der Waals surface area (Å²) >= 11 is 0. The zero-order valence-corrected chi connectivity index (χ0v) is 15.7. The van der Waals surface area contributed by atoms with Crippen LogP contribution in [-0.2, 0) is 14.3 Å². The van der Waals surface area contributed by atoms with E-state index in [1.165, 1.54) is 13.0 Å². The summed E-state index contributed by atoms with van der Waals surface area (Å²) in [6.45, 7) is 1.54. The van der Waals surface area contributed by atoms with Crippen molar-refractivity contribution in [2.45, 2.75) is 13.0 Å². The molecule has 3 aromatic rings. The molecular weight excluding hydrogens is 354 g/mol. The van der Waals surface area contributed by atoms with Gasteiger partial charge in [0, 0.05) is 11.8 Å². The summed E-state index contributed by atoms with van der Waals surface area (Å²) < 4.78 is 10.3. The molecule has 1 amide bonds. The van der Waals surface area contributed by atoms with Crippen LogP contribution in [0.3, 0.4) is 0 Å². The maximum atomic E-state index is 12.3. The number of nitrogens with one attached hydrogen (secondary N) is 1. The van der Waals surface area contributed by atoms with Crippen molar-refractivity contribution in [1.82, 2.24) is 0 Å². The molecule has 0 saturated heterocycles. The Hall–Kier alpha value is -3.60. The minimum Gasteiger partial charge on any atom is -0.497 e. The van der Waals surface area contributed by atoms with E-state index in [0.29, 0.717) is 5.69 Å². The van der Waals surface area contributed by atoms with E-state index in [2.05, 4.69) is 5.32 Å². The fraction of sp³-hybridized carbons (Fsp3) is 0.130. The predicted octanol–water partition coefficient (Wildman–Crippen LogP) is 4.43. The Morgan fingerprint density at radius 1 is 0.964 bits per heavy atom. The monoisotopic (exact) mass is 375 g/mol. The number of benzene rings is 3. The molecule has 5 nitrogen and oxygen atoms in total. The first-order valence-corrected chi connectivity index (χ1v) is 8.87. The van der Waals surface area contributed by atoms with Gasteiger partial charge in [0.25, 0.3) is 5.91 Å². The number of fused-ring (bicyclic) bond motifs is 1. The number of carbonyl (C=O) groups is 2. The van der Waals surface area contributed by atoms with Crippen LogP contribution < -0.4 is 10.1 Å². The largest absolute Gasteiger partial charge is 0.497 e. The molecule has 1 atom stereocenters. The topological polar surface area (TPSA) is 64.6 Å². The Balaban J connectivity index is 1.56. The first kappa shape index (κ1) is 19.2. The molecule has 5 heteroatoms. The maximum absolute atomic E-state index is 12.3. The number of hydrogen-bond acceptors (Lipinski definition) is 4. The molecule has 28 heavy (non-hydrogen) atoms. The molecule has 0 bridgehead atoms. The Bertz CT molecular complexity index is 1010. The number of rotatable bonds is 6. The van der Waals surface area contributed by atoms with Gasteiger partial charge in [0.2, 0.25) is 0 Å². The first-order valence-electron chi connectivity index (χ1n) is 8.87. The average Bonchev–Trinajstić information content (AvgIpc) is 2.72. The standard InChI is InChI=1S/C23H21NO4/c1-16(28-22(25)14-9-17-7-12-21(27-2)13-8-17)23(26)24-20-11-10-18-5-3-4-6-19(18)15-20/h3-16H,1-2H3,(H,24,26)/b14-9+/t16-/m0/s1. The van der Waals surface area contributed by atoms with Crippen molar-refractivity contribution < 1.29 is 19.1 Å². The van der Waals surface area contributed by atoms with Crippen LogP contribution in [-0.4, -0.2) is 25.1 Å². The van der Waals surface area contributed by atoms with Crippen LogP contribution in [0.4, 0.5) is 5.69 Å². The van der Waals surface area contributed by atoms with Crippen LogP contribution in [0.2, 0.25) is 0 Å². The predicted molar refractivity (Wildman–Crippen MR) is 110 cm³/mol. The lowest BCUT2D eigenvalue weighted by atomic mass is 10.1. The smallest absolute Gasteiger partial charge is 0.331 e. The lowest BCUT2D eigenvalue weighted by Crippen LogP contribution is -2.29. The van der Waals surface area contributed by atoms with Crippen molar-refractivity contribution in [3.8, 4) is 5.75 Å². The average molecular weight is 375 g/mol. The van der Waals surface area contributed by atoms with Crippen molar-refractivity contribution in [2.75, 3.05) is 12.4 Å². The summed E-state index contributed by atoms with van der Waals surface area (Å²) in [6.07, 6.45) is 2.00. The Morgan fingerprint density at radius 2 is 1.68 bits per heavy atom. The van der Waals surface area contributed by atoms with Crippen molar-refractivity contribution in [3.05, 3.63) is 78.4 Å². The fourth-order valence-corrected chi connectivity index (χ4v) is 2.66. The van der Waals surface area contributed by atoms with Crippen molar-refractivity contribution in [2.24, 2.45) is 0 Å².